The minimum Gasteiger partial charge on any atom is -0.507 e. The van der Waals surface area contributed by atoms with Crippen molar-refractivity contribution in [2.45, 2.75) is 67.8 Å². The number of fused-ring (bicyclic) bond motifs is 1. The summed E-state index contributed by atoms with van der Waals surface area (Å²) in [5, 5.41) is 103. The molecule has 0 unspecified atom stereocenters. The van der Waals surface area contributed by atoms with E-state index in [1.165, 1.54) is 32.4 Å². The van der Waals surface area contributed by atoms with Gasteiger partial charge in [0.1, 0.15) is 78.7 Å². The minimum atomic E-state index is -1.96. The molecule has 20 heteroatoms. The van der Waals surface area contributed by atoms with Crippen molar-refractivity contribution in [1.82, 2.24) is 0 Å². The highest BCUT2D eigenvalue weighted by molar-refractivity contribution is 5.90. The van der Waals surface area contributed by atoms with Crippen LogP contribution in [0.2, 0.25) is 0 Å². The van der Waals surface area contributed by atoms with Gasteiger partial charge >= 0.3 is 23.3 Å². The lowest BCUT2D eigenvalue weighted by Crippen LogP contribution is -2.60. The van der Waals surface area contributed by atoms with Gasteiger partial charge in [0.25, 0.3) is 0 Å². The van der Waals surface area contributed by atoms with Gasteiger partial charge in [-0.05, 0) is 0 Å². The molecular formula is C32H37O20+. The number of aliphatic hydroxyl groups is 7. The number of ether oxygens (including phenoxy) is 7. The molecule has 3 aromatic rings. The lowest BCUT2D eigenvalue weighted by molar-refractivity contribution is -0.278. The number of phenolic OH excluding ortho intramolecular Hbond substituents is 2. The summed E-state index contributed by atoms with van der Waals surface area (Å²) in [6.45, 7) is -1.51. The average molecular weight is 742 g/mol. The number of carbonyl (C=O) groups excluding carboxylic acids is 1. The zero-order chi connectivity index (χ0) is 38.0. The third-order valence-corrected chi connectivity index (χ3v) is 8.25. The second-order valence-corrected chi connectivity index (χ2v) is 11.7. The van der Waals surface area contributed by atoms with Crippen molar-refractivity contribution in [3.63, 3.8) is 0 Å². The molecule has 284 valence electrons. The first kappa shape index (κ1) is 38.5. The van der Waals surface area contributed by atoms with Gasteiger partial charge in [-0.25, -0.2) is 4.42 Å². The van der Waals surface area contributed by atoms with E-state index in [0.29, 0.717) is 0 Å². The van der Waals surface area contributed by atoms with Crippen molar-refractivity contribution in [3.05, 3.63) is 30.3 Å². The van der Waals surface area contributed by atoms with Crippen molar-refractivity contribution in [2.75, 3.05) is 27.4 Å². The van der Waals surface area contributed by atoms with Gasteiger partial charge in [-0.2, -0.15) is 0 Å². The van der Waals surface area contributed by atoms with E-state index in [1.807, 2.05) is 0 Å². The second-order valence-electron chi connectivity index (χ2n) is 11.7. The molecule has 3 heterocycles. The summed E-state index contributed by atoms with van der Waals surface area (Å²) in [7, 11) is 2.52. The maximum absolute atomic E-state index is 11.8. The average Bonchev–Trinajstić information content (AvgIpc) is 3.11. The number of carboxylic acids is 1. The number of aliphatic hydroxyl groups excluding tert-OH is 7. The van der Waals surface area contributed by atoms with Gasteiger partial charge in [0, 0.05) is 24.3 Å². The number of esters is 1. The van der Waals surface area contributed by atoms with E-state index in [2.05, 4.69) is 0 Å². The van der Waals surface area contributed by atoms with Crippen LogP contribution in [0.3, 0.4) is 0 Å². The zero-order valence-corrected chi connectivity index (χ0v) is 27.3. The molecule has 2 aliphatic heterocycles. The van der Waals surface area contributed by atoms with E-state index >= 15 is 0 Å². The van der Waals surface area contributed by atoms with Crippen LogP contribution in [-0.2, 0) is 23.8 Å². The number of carbonyl (C=O) groups is 2. The lowest BCUT2D eigenvalue weighted by Gasteiger charge is -2.39. The molecule has 10 atom stereocenters. The second kappa shape index (κ2) is 15.9. The summed E-state index contributed by atoms with van der Waals surface area (Å²) < 4.78 is 44.4. The van der Waals surface area contributed by atoms with Crippen LogP contribution in [0.4, 0.5) is 0 Å². The number of rotatable bonds is 12. The Morgan fingerprint density at radius 1 is 0.731 bits per heavy atom. The van der Waals surface area contributed by atoms with Gasteiger partial charge < -0.3 is 84.2 Å². The number of methoxy groups -OCH3 is 2. The normalized spacial score (nSPS) is 28.9. The van der Waals surface area contributed by atoms with Crippen LogP contribution in [0, 0.1) is 0 Å². The Bertz CT molecular complexity index is 1740. The van der Waals surface area contributed by atoms with Crippen LogP contribution >= 0.6 is 0 Å². The van der Waals surface area contributed by atoms with Crippen LogP contribution < -0.4 is 18.9 Å². The van der Waals surface area contributed by atoms with Crippen LogP contribution in [-0.4, -0.2) is 152 Å². The van der Waals surface area contributed by atoms with E-state index in [-0.39, 0.29) is 51.0 Å². The summed E-state index contributed by atoms with van der Waals surface area (Å²) in [5.74, 6) is -4.41. The van der Waals surface area contributed by atoms with Gasteiger partial charge in [-0.15, -0.1) is 0 Å². The summed E-state index contributed by atoms with van der Waals surface area (Å²) in [4.78, 5) is 22.7. The van der Waals surface area contributed by atoms with Gasteiger partial charge in [0.2, 0.25) is 24.1 Å². The highest BCUT2D eigenvalue weighted by Crippen LogP contribution is 2.46. The minimum absolute atomic E-state index is 0.0174. The highest BCUT2D eigenvalue weighted by Gasteiger charge is 2.47. The number of aromatic hydroxyl groups is 2. The molecule has 2 saturated heterocycles. The van der Waals surface area contributed by atoms with Crippen molar-refractivity contribution in [3.8, 4) is 45.8 Å². The van der Waals surface area contributed by atoms with Gasteiger partial charge in [0.05, 0.1) is 32.5 Å². The lowest BCUT2D eigenvalue weighted by atomic mass is 9.99. The third kappa shape index (κ3) is 7.84. The quantitative estimate of drug-likeness (QED) is 0.0556. The van der Waals surface area contributed by atoms with E-state index in [4.69, 9.17) is 42.7 Å². The van der Waals surface area contributed by atoms with Crippen molar-refractivity contribution in [2.24, 2.45) is 0 Å². The van der Waals surface area contributed by atoms with Crippen LogP contribution in [0.5, 0.6) is 34.5 Å². The predicted molar refractivity (Wildman–Crippen MR) is 167 cm³/mol. The Morgan fingerprint density at radius 3 is 1.85 bits per heavy atom. The SMILES string of the molecule is COc1cc(-c2[o+]c3cc(O)cc(O[C@@H]4O[C@H](CO)[C@H](O)[C@H](O)[C@H]4O)c3cc2O[C@@H]2O[C@H](COC(=O)CC(=O)O)[C@H](O)[C@@H](O)[C@H]2O)cc(OC)c1O. The zero-order valence-electron chi connectivity index (χ0n) is 27.3. The van der Waals surface area contributed by atoms with Crippen LogP contribution in [0.15, 0.2) is 34.7 Å². The predicted octanol–water partition coefficient (Wildman–Crippen LogP) is -1.81. The number of aliphatic carboxylic acids is 1. The summed E-state index contributed by atoms with van der Waals surface area (Å²) >= 11 is 0. The first-order chi connectivity index (χ1) is 24.7. The topological polar surface area (TPSA) is 312 Å². The molecule has 5 rings (SSSR count). The van der Waals surface area contributed by atoms with Gasteiger partial charge in [-0.3, -0.25) is 9.59 Å². The molecule has 1 aromatic heterocycles. The smallest absolute Gasteiger partial charge is 0.402 e. The van der Waals surface area contributed by atoms with Crippen molar-refractivity contribution >= 4 is 22.9 Å². The third-order valence-electron chi connectivity index (χ3n) is 8.25. The Hall–Kier alpha value is -4.77. The fourth-order valence-electron chi connectivity index (χ4n) is 5.50. The van der Waals surface area contributed by atoms with Crippen LogP contribution in [0.1, 0.15) is 6.42 Å². The molecule has 10 N–H and O–H groups in total. The van der Waals surface area contributed by atoms with Gasteiger partial charge in [0.15, 0.2) is 11.5 Å². The number of hydrogen-bond donors (Lipinski definition) is 10. The molecule has 2 aromatic carbocycles. The first-order valence-corrected chi connectivity index (χ1v) is 15.5. The Labute approximate surface area is 292 Å². The molecule has 0 saturated carbocycles. The molecule has 0 aliphatic carbocycles. The van der Waals surface area contributed by atoms with E-state index in [1.54, 1.807) is 0 Å². The molecule has 0 radical (unpaired) electrons. The summed E-state index contributed by atoms with van der Waals surface area (Å²) in [6, 6.07) is 6.10. The highest BCUT2D eigenvalue weighted by atomic mass is 16.7. The molecule has 0 amide bonds. The Morgan fingerprint density at radius 2 is 1.29 bits per heavy atom. The molecule has 2 aliphatic rings. The number of benzene rings is 2. The molecule has 52 heavy (non-hydrogen) atoms. The largest absolute Gasteiger partial charge is 0.507 e. The monoisotopic (exact) mass is 741 g/mol. The Balaban J connectivity index is 1.60. The number of hydrogen-bond acceptors (Lipinski definition) is 18. The standard InChI is InChI=1S/C32H36O20/c1-45-16-3-11(4-17(46-2)23(16)38)30-18(50-32-29(44)27(42)25(40)20(52-32)10-47-22(37)8-21(35)36)7-13-14(48-30)5-12(34)6-15(13)49-31-28(43)26(41)24(39)19(9-33)51-31/h3-7,19-20,24-29,31-33,39-44H,8-10H2,1-2H3,(H2-,34,35,36,38)/p+1/t19-,20-,24+,25+,26+,27-,28-,29-,31-,32-/m1/s1. The maximum Gasteiger partial charge on any atom is 0.402 e. The molecule has 20 nitrogen and oxygen atoms in total. The molecular weight excluding hydrogens is 704 g/mol. The fourth-order valence-corrected chi connectivity index (χ4v) is 5.50. The molecule has 2 fully saturated rings. The Kier molecular flexibility index (Phi) is 11.7. The number of phenols is 2. The van der Waals surface area contributed by atoms with Gasteiger partial charge in [-0.1, -0.05) is 0 Å². The van der Waals surface area contributed by atoms with Crippen molar-refractivity contribution in [1.29, 1.82) is 0 Å². The van der Waals surface area contributed by atoms with Crippen molar-refractivity contribution < 1.29 is 98.2 Å². The first-order valence-electron chi connectivity index (χ1n) is 15.5. The number of carboxylic acid groups (broad SMARTS) is 1. The molecule has 0 bridgehead atoms. The summed E-state index contributed by atoms with van der Waals surface area (Å²) in [6.07, 6.45) is -18.5. The van der Waals surface area contributed by atoms with Crippen LogP contribution in [0.25, 0.3) is 22.3 Å². The summed E-state index contributed by atoms with van der Waals surface area (Å²) in [5.41, 5.74) is -0.00934. The van der Waals surface area contributed by atoms with E-state index in [9.17, 15) is 55.5 Å². The molecule has 0 spiro atoms. The van der Waals surface area contributed by atoms with E-state index < -0.39 is 98.7 Å². The van der Waals surface area contributed by atoms with E-state index in [0.717, 1.165) is 12.1 Å². The fraction of sp³-hybridized carbons (Fsp3) is 0.469. The maximum atomic E-state index is 11.8.